The van der Waals surface area contributed by atoms with E-state index in [9.17, 15) is 0 Å². The maximum atomic E-state index is 5.75. The molecule has 2 N–H and O–H groups in total. The van der Waals surface area contributed by atoms with Crippen molar-refractivity contribution in [3.8, 4) is 0 Å². The SMILES string of the molecule is NC=Nc1c(Cl)cccc1Cl. The highest BCUT2D eigenvalue weighted by atomic mass is 35.5. The molecule has 1 rings (SSSR count). The third kappa shape index (κ3) is 1.85. The van der Waals surface area contributed by atoms with Crippen LogP contribution in [-0.4, -0.2) is 6.34 Å². The zero-order valence-electron chi connectivity index (χ0n) is 5.59. The van der Waals surface area contributed by atoms with Crippen molar-refractivity contribution < 1.29 is 0 Å². The third-order valence-corrected chi connectivity index (χ3v) is 1.75. The second kappa shape index (κ2) is 3.60. The number of nitrogens with zero attached hydrogens (tertiary/aromatic N) is 1. The smallest absolute Gasteiger partial charge is 0.102 e. The quantitative estimate of drug-likeness (QED) is 0.535. The van der Waals surface area contributed by atoms with Crippen molar-refractivity contribution in [3.05, 3.63) is 28.2 Å². The van der Waals surface area contributed by atoms with E-state index in [1.807, 2.05) is 0 Å². The Labute approximate surface area is 74.6 Å². The zero-order valence-corrected chi connectivity index (χ0v) is 7.10. The van der Waals surface area contributed by atoms with Gasteiger partial charge in [0.25, 0.3) is 0 Å². The number of rotatable bonds is 1. The summed E-state index contributed by atoms with van der Waals surface area (Å²) in [6.45, 7) is 0. The standard InChI is InChI=1S/C7H6Cl2N2/c8-5-2-1-3-6(9)7(5)11-4-10/h1-4H,(H2,10,11). The molecule has 0 spiro atoms. The summed E-state index contributed by atoms with van der Waals surface area (Å²) in [6.07, 6.45) is 1.16. The Kier molecular flexibility index (Phi) is 2.74. The van der Waals surface area contributed by atoms with E-state index in [-0.39, 0.29) is 0 Å². The van der Waals surface area contributed by atoms with Crippen LogP contribution in [0.2, 0.25) is 10.0 Å². The fourth-order valence-electron chi connectivity index (χ4n) is 0.687. The van der Waals surface area contributed by atoms with E-state index in [4.69, 9.17) is 28.9 Å². The molecule has 0 aromatic heterocycles. The predicted molar refractivity (Wildman–Crippen MR) is 48.8 cm³/mol. The lowest BCUT2D eigenvalue weighted by Crippen LogP contribution is -1.86. The van der Waals surface area contributed by atoms with Gasteiger partial charge in [-0.25, -0.2) is 4.99 Å². The summed E-state index contributed by atoms with van der Waals surface area (Å²) in [5.74, 6) is 0. The van der Waals surface area contributed by atoms with Gasteiger partial charge in [-0.05, 0) is 12.1 Å². The lowest BCUT2D eigenvalue weighted by Gasteiger charge is -1.98. The van der Waals surface area contributed by atoms with E-state index < -0.39 is 0 Å². The largest absolute Gasteiger partial charge is 0.390 e. The highest BCUT2D eigenvalue weighted by Gasteiger charge is 2.00. The normalized spacial score (nSPS) is 10.7. The Hall–Kier alpha value is -0.730. The summed E-state index contributed by atoms with van der Waals surface area (Å²) in [7, 11) is 0. The highest BCUT2D eigenvalue weighted by molar-refractivity contribution is 6.38. The van der Waals surface area contributed by atoms with Crippen LogP contribution in [-0.2, 0) is 0 Å². The van der Waals surface area contributed by atoms with Gasteiger partial charge in [0.05, 0.1) is 16.4 Å². The lowest BCUT2D eigenvalue weighted by atomic mass is 10.3. The molecule has 0 amide bonds. The van der Waals surface area contributed by atoms with Crippen molar-refractivity contribution in [3.63, 3.8) is 0 Å². The van der Waals surface area contributed by atoms with E-state index in [1.165, 1.54) is 0 Å². The molecule has 2 nitrogen and oxygen atoms in total. The highest BCUT2D eigenvalue weighted by Crippen LogP contribution is 2.31. The van der Waals surface area contributed by atoms with E-state index in [2.05, 4.69) is 4.99 Å². The molecule has 0 aliphatic rings. The van der Waals surface area contributed by atoms with Gasteiger partial charge in [0.15, 0.2) is 0 Å². The van der Waals surface area contributed by atoms with E-state index in [0.717, 1.165) is 6.34 Å². The van der Waals surface area contributed by atoms with Gasteiger partial charge < -0.3 is 5.73 Å². The van der Waals surface area contributed by atoms with Crippen LogP contribution in [0.15, 0.2) is 23.2 Å². The first kappa shape index (κ1) is 8.37. The minimum Gasteiger partial charge on any atom is -0.390 e. The van der Waals surface area contributed by atoms with Crippen LogP contribution in [0.4, 0.5) is 5.69 Å². The van der Waals surface area contributed by atoms with Crippen LogP contribution in [0, 0.1) is 0 Å². The monoisotopic (exact) mass is 188 g/mol. The second-order valence-electron chi connectivity index (χ2n) is 1.85. The minimum absolute atomic E-state index is 0.499. The average Bonchev–Trinajstić information content (AvgIpc) is 1.97. The van der Waals surface area contributed by atoms with Crippen molar-refractivity contribution in [1.82, 2.24) is 0 Å². The van der Waals surface area contributed by atoms with Crippen LogP contribution in [0.3, 0.4) is 0 Å². The first-order valence-electron chi connectivity index (χ1n) is 2.94. The fraction of sp³-hybridized carbons (Fsp3) is 0. The number of nitrogens with two attached hydrogens (primary N) is 1. The number of hydrogen-bond acceptors (Lipinski definition) is 1. The van der Waals surface area contributed by atoms with Gasteiger partial charge in [-0.3, -0.25) is 0 Å². The van der Waals surface area contributed by atoms with E-state index in [0.29, 0.717) is 15.7 Å². The van der Waals surface area contributed by atoms with Crippen molar-refractivity contribution >= 4 is 35.2 Å². The minimum atomic E-state index is 0.499. The van der Waals surface area contributed by atoms with Crippen LogP contribution in [0.1, 0.15) is 0 Å². The second-order valence-corrected chi connectivity index (χ2v) is 2.66. The Morgan fingerprint density at radius 1 is 1.27 bits per heavy atom. The number of para-hydroxylation sites is 1. The van der Waals surface area contributed by atoms with Gasteiger partial charge >= 0.3 is 0 Å². The summed E-state index contributed by atoms with van der Waals surface area (Å²) in [5, 5.41) is 0.999. The molecular formula is C7H6Cl2N2. The number of halogens is 2. The van der Waals surface area contributed by atoms with Crippen LogP contribution >= 0.6 is 23.2 Å². The number of aliphatic imine (C=N–C) groups is 1. The fourth-order valence-corrected chi connectivity index (χ4v) is 1.18. The zero-order chi connectivity index (χ0) is 8.27. The van der Waals surface area contributed by atoms with Crippen molar-refractivity contribution in [2.24, 2.45) is 10.7 Å². The summed E-state index contributed by atoms with van der Waals surface area (Å²) in [4.78, 5) is 3.79. The molecule has 0 atom stereocenters. The molecule has 0 aliphatic heterocycles. The van der Waals surface area contributed by atoms with Gasteiger partial charge in [-0.2, -0.15) is 0 Å². The molecule has 0 unspecified atom stereocenters. The molecule has 0 radical (unpaired) electrons. The molecule has 0 saturated heterocycles. The van der Waals surface area contributed by atoms with Crippen LogP contribution in [0.25, 0.3) is 0 Å². The van der Waals surface area contributed by atoms with Gasteiger partial charge in [0.2, 0.25) is 0 Å². The van der Waals surface area contributed by atoms with Gasteiger partial charge in [0, 0.05) is 0 Å². The summed E-state index contributed by atoms with van der Waals surface area (Å²) < 4.78 is 0. The van der Waals surface area contributed by atoms with Crippen molar-refractivity contribution in [2.75, 3.05) is 0 Å². The topological polar surface area (TPSA) is 38.4 Å². The molecule has 0 aliphatic carbocycles. The first-order chi connectivity index (χ1) is 5.25. The molecule has 1 aromatic rings. The average molecular weight is 189 g/mol. The van der Waals surface area contributed by atoms with Crippen molar-refractivity contribution in [1.29, 1.82) is 0 Å². The molecule has 0 heterocycles. The molecule has 11 heavy (non-hydrogen) atoms. The van der Waals surface area contributed by atoms with Crippen molar-refractivity contribution in [2.45, 2.75) is 0 Å². The Morgan fingerprint density at radius 2 is 1.82 bits per heavy atom. The Bertz CT molecular complexity index is 264. The summed E-state index contributed by atoms with van der Waals surface area (Å²) >= 11 is 11.5. The van der Waals surface area contributed by atoms with Gasteiger partial charge in [-0.1, -0.05) is 29.3 Å². The molecular weight excluding hydrogens is 183 g/mol. The molecule has 0 saturated carbocycles. The third-order valence-electron chi connectivity index (χ3n) is 1.14. The predicted octanol–water partition coefficient (Wildman–Crippen LogP) is 2.61. The Balaban J connectivity index is 3.20. The van der Waals surface area contributed by atoms with Gasteiger partial charge in [-0.15, -0.1) is 0 Å². The molecule has 58 valence electrons. The van der Waals surface area contributed by atoms with E-state index >= 15 is 0 Å². The first-order valence-corrected chi connectivity index (χ1v) is 3.69. The van der Waals surface area contributed by atoms with Crippen LogP contribution < -0.4 is 5.73 Å². The molecule has 4 heteroatoms. The van der Waals surface area contributed by atoms with Crippen LogP contribution in [0.5, 0.6) is 0 Å². The maximum Gasteiger partial charge on any atom is 0.102 e. The summed E-state index contributed by atoms with van der Waals surface area (Å²) in [5.41, 5.74) is 5.60. The van der Waals surface area contributed by atoms with E-state index in [1.54, 1.807) is 18.2 Å². The van der Waals surface area contributed by atoms with Gasteiger partial charge in [0.1, 0.15) is 5.69 Å². The molecule has 0 bridgehead atoms. The number of hydrogen-bond donors (Lipinski definition) is 1. The molecule has 1 aromatic carbocycles. The lowest BCUT2D eigenvalue weighted by molar-refractivity contribution is 1.51. The summed E-state index contributed by atoms with van der Waals surface area (Å²) in [6, 6.07) is 5.16. The Morgan fingerprint density at radius 3 is 2.27 bits per heavy atom. The number of benzene rings is 1. The molecule has 0 fully saturated rings. The maximum absolute atomic E-state index is 5.75.